The number of hydrogen-bond donors (Lipinski definition) is 3. The summed E-state index contributed by atoms with van der Waals surface area (Å²) in [5.74, 6) is 0.546. The Kier molecular flexibility index (Phi) is 8.25. The van der Waals surface area contributed by atoms with Gasteiger partial charge in [0, 0.05) is 48.8 Å². The second-order valence-corrected chi connectivity index (χ2v) is 7.55. The topological polar surface area (TPSA) is 72.5 Å². The van der Waals surface area contributed by atoms with Crippen molar-refractivity contribution in [3.63, 3.8) is 0 Å². The Morgan fingerprint density at radius 1 is 1.06 bits per heavy atom. The van der Waals surface area contributed by atoms with Gasteiger partial charge in [0.15, 0.2) is 5.96 Å². The summed E-state index contributed by atoms with van der Waals surface area (Å²) in [6.45, 7) is 9.32. The van der Waals surface area contributed by atoms with Crippen molar-refractivity contribution in [2.24, 2.45) is 4.99 Å². The van der Waals surface area contributed by atoms with Gasteiger partial charge >= 0.3 is 0 Å². The minimum absolute atomic E-state index is 0.0530. The van der Waals surface area contributed by atoms with Crippen LogP contribution in [0.3, 0.4) is 0 Å². The van der Waals surface area contributed by atoms with E-state index in [0.29, 0.717) is 31.7 Å². The largest absolute Gasteiger partial charge is 0.361 e. The fourth-order valence-corrected chi connectivity index (χ4v) is 3.63. The van der Waals surface area contributed by atoms with E-state index in [1.54, 1.807) is 12.1 Å². The summed E-state index contributed by atoms with van der Waals surface area (Å²) in [5.41, 5.74) is 3.73. The van der Waals surface area contributed by atoms with Crippen molar-refractivity contribution < 1.29 is 9.18 Å². The molecule has 0 saturated carbocycles. The number of aliphatic imine (C=N–C) groups is 1. The molecule has 170 valence electrons. The van der Waals surface area contributed by atoms with E-state index in [-0.39, 0.29) is 11.7 Å². The highest BCUT2D eigenvalue weighted by molar-refractivity contribution is 5.94. The molecule has 0 fully saturated rings. The number of guanidine groups is 1. The minimum atomic E-state index is -0.231. The number of nitrogens with one attached hydrogen (secondary N) is 3. The Hall–Kier alpha value is -3.35. The number of H-pyrrole nitrogens is 1. The zero-order chi connectivity index (χ0) is 22.9. The number of carbonyl (C=O) groups is 1. The monoisotopic (exact) mass is 437 g/mol. The maximum atomic E-state index is 13.6. The number of benzene rings is 2. The van der Waals surface area contributed by atoms with Crippen LogP contribution >= 0.6 is 0 Å². The van der Waals surface area contributed by atoms with E-state index in [9.17, 15) is 9.18 Å². The molecular weight excluding hydrogens is 405 g/mol. The van der Waals surface area contributed by atoms with E-state index >= 15 is 0 Å². The molecule has 6 nitrogen and oxygen atoms in total. The van der Waals surface area contributed by atoms with Crippen molar-refractivity contribution in [1.82, 2.24) is 20.5 Å². The zero-order valence-corrected chi connectivity index (χ0v) is 19.0. The molecule has 0 unspecified atom stereocenters. The number of halogens is 1. The van der Waals surface area contributed by atoms with Crippen LogP contribution < -0.4 is 10.6 Å². The zero-order valence-electron chi connectivity index (χ0n) is 19.0. The molecule has 32 heavy (non-hydrogen) atoms. The van der Waals surface area contributed by atoms with Gasteiger partial charge in [-0.25, -0.2) is 9.38 Å². The lowest BCUT2D eigenvalue weighted by Gasteiger charge is -2.18. The Morgan fingerprint density at radius 3 is 2.50 bits per heavy atom. The van der Waals surface area contributed by atoms with Gasteiger partial charge in [-0.15, -0.1) is 0 Å². The minimum Gasteiger partial charge on any atom is -0.361 e. The van der Waals surface area contributed by atoms with Gasteiger partial charge in [0.05, 0.1) is 6.54 Å². The third-order valence-electron chi connectivity index (χ3n) is 5.43. The van der Waals surface area contributed by atoms with E-state index in [0.717, 1.165) is 41.0 Å². The highest BCUT2D eigenvalue weighted by atomic mass is 19.1. The highest BCUT2D eigenvalue weighted by Gasteiger charge is 2.12. The van der Waals surface area contributed by atoms with Crippen LogP contribution in [0.4, 0.5) is 4.39 Å². The average Bonchev–Trinajstić information content (AvgIpc) is 3.20. The fraction of sp³-hybridized carbons (Fsp3) is 0.360. The molecule has 0 aliphatic carbocycles. The number of amides is 1. The third kappa shape index (κ3) is 5.87. The number of hydrogen-bond acceptors (Lipinski definition) is 2. The predicted molar refractivity (Wildman–Crippen MR) is 128 cm³/mol. The summed E-state index contributed by atoms with van der Waals surface area (Å²) in [4.78, 5) is 22.1. The van der Waals surface area contributed by atoms with Crippen molar-refractivity contribution in [1.29, 1.82) is 0 Å². The number of rotatable bonds is 9. The van der Waals surface area contributed by atoms with Crippen LogP contribution in [0, 0.1) is 5.82 Å². The number of nitrogens with zero attached hydrogens (tertiary/aromatic N) is 2. The van der Waals surface area contributed by atoms with Crippen molar-refractivity contribution in [3.8, 4) is 0 Å². The van der Waals surface area contributed by atoms with Crippen LogP contribution in [-0.2, 0) is 13.0 Å². The van der Waals surface area contributed by atoms with Crippen LogP contribution in [0.2, 0.25) is 0 Å². The maximum Gasteiger partial charge on any atom is 0.253 e. The molecule has 1 heterocycles. The Bertz CT molecular complexity index is 1050. The first-order valence-electron chi connectivity index (χ1n) is 11.2. The molecule has 7 heteroatoms. The van der Waals surface area contributed by atoms with Crippen LogP contribution in [-0.4, -0.2) is 47.9 Å². The molecular formula is C25H32FN5O. The quantitative estimate of drug-likeness (QED) is 0.349. The summed E-state index contributed by atoms with van der Waals surface area (Å²) in [6.07, 6.45) is 2.67. The molecule has 0 bridgehead atoms. The Labute approximate surface area is 188 Å². The van der Waals surface area contributed by atoms with E-state index in [1.807, 2.05) is 56.1 Å². The summed E-state index contributed by atoms with van der Waals surface area (Å²) >= 11 is 0. The molecule has 0 spiro atoms. The molecule has 0 aliphatic heterocycles. The molecule has 0 saturated heterocycles. The number of aromatic nitrogens is 1. The standard InChI is InChI=1S/C25H32FN5O/c1-4-27-25(28-14-13-20-17-29-23-12-11-21(26)15-22(20)23)30-16-18-7-9-19(10-8-18)24(32)31(5-2)6-3/h7-12,15,17,29H,4-6,13-14,16H2,1-3H3,(H2,27,28,30). The summed E-state index contributed by atoms with van der Waals surface area (Å²) < 4.78 is 13.6. The van der Waals surface area contributed by atoms with Gasteiger partial charge < -0.3 is 20.5 Å². The van der Waals surface area contributed by atoms with E-state index in [2.05, 4.69) is 20.6 Å². The van der Waals surface area contributed by atoms with Crippen LogP contribution in [0.25, 0.3) is 10.9 Å². The van der Waals surface area contributed by atoms with E-state index in [4.69, 9.17) is 0 Å². The Balaban J connectivity index is 1.58. The maximum absolute atomic E-state index is 13.6. The second kappa shape index (κ2) is 11.3. The molecule has 2 aromatic carbocycles. The second-order valence-electron chi connectivity index (χ2n) is 7.55. The van der Waals surface area contributed by atoms with Gasteiger partial charge in [-0.3, -0.25) is 4.79 Å². The smallest absolute Gasteiger partial charge is 0.253 e. The molecule has 3 aromatic rings. The summed E-state index contributed by atoms with van der Waals surface area (Å²) in [7, 11) is 0. The SMILES string of the molecule is CCNC(=NCc1ccc(C(=O)N(CC)CC)cc1)NCCc1c[nH]c2ccc(F)cc12. The number of aromatic amines is 1. The summed E-state index contributed by atoms with van der Waals surface area (Å²) in [6, 6.07) is 12.4. The first kappa shape index (κ1) is 23.3. The van der Waals surface area contributed by atoms with Crippen LogP contribution in [0.1, 0.15) is 42.3 Å². The summed E-state index contributed by atoms with van der Waals surface area (Å²) in [5, 5.41) is 7.50. The first-order valence-corrected chi connectivity index (χ1v) is 11.2. The van der Waals surface area contributed by atoms with Gasteiger partial charge in [0.25, 0.3) is 5.91 Å². The number of fused-ring (bicyclic) bond motifs is 1. The Morgan fingerprint density at radius 2 is 1.81 bits per heavy atom. The molecule has 1 amide bonds. The van der Waals surface area contributed by atoms with E-state index in [1.165, 1.54) is 6.07 Å². The molecule has 1 aromatic heterocycles. The first-order chi connectivity index (χ1) is 15.5. The average molecular weight is 438 g/mol. The number of carbonyl (C=O) groups excluding carboxylic acids is 1. The van der Waals surface area contributed by atoms with Gasteiger partial charge in [-0.2, -0.15) is 0 Å². The van der Waals surface area contributed by atoms with Crippen LogP contribution in [0.15, 0.2) is 53.7 Å². The third-order valence-corrected chi connectivity index (χ3v) is 5.43. The van der Waals surface area contributed by atoms with Gasteiger partial charge in [0.2, 0.25) is 0 Å². The van der Waals surface area contributed by atoms with Crippen molar-refractivity contribution in [3.05, 3.63) is 71.2 Å². The van der Waals surface area contributed by atoms with Crippen molar-refractivity contribution in [2.75, 3.05) is 26.2 Å². The van der Waals surface area contributed by atoms with Crippen molar-refractivity contribution in [2.45, 2.75) is 33.7 Å². The molecule has 3 rings (SSSR count). The normalized spacial score (nSPS) is 11.6. The van der Waals surface area contributed by atoms with E-state index < -0.39 is 0 Å². The lowest BCUT2D eigenvalue weighted by Crippen LogP contribution is -2.38. The lowest BCUT2D eigenvalue weighted by atomic mass is 10.1. The lowest BCUT2D eigenvalue weighted by molar-refractivity contribution is 0.0773. The van der Waals surface area contributed by atoms with Gasteiger partial charge in [-0.1, -0.05) is 12.1 Å². The highest BCUT2D eigenvalue weighted by Crippen LogP contribution is 2.19. The van der Waals surface area contributed by atoms with Crippen LogP contribution in [0.5, 0.6) is 0 Å². The van der Waals surface area contributed by atoms with Crippen molar-refractivity contribution >= 4 is 22.8 Å². The van der Waals surface area contributed by atoms with Gasteiger partial charge in [0.1, 0.15) is 5.82 Å². The molecule has 0 aliphatic rings. The van der Waals surface area contributed by atoms with Gasteiger partial charge in [-0.05, 0) is 68.7 Å². The molecule has 0 radical (unpaired) electrons. The fourth-order valence-electron chi connectivity index (χ4n) is 3.63. The molecule has 3 N–H and O–H groups in total. The predicted octanol–water partition coefficient (Wildman–Crippen LogP) is 4.09. The molecule has 0 atom stereocenters.